The Balaban J connectivity index is 1.51. The molecule has 5 rings (SSSR count). The molecule has 0 radical (unpaired) electrons. The summed E-state index contributed by atoms with van der Waals surface area (Å²) in [5.41, 5.74) is 17.2. The molecule has 2 heterocycles. The number of primary amides is 1. The van der Waals surface area contributed by atoms with Gasteiger partial charge in [-0.1, -0.05) is 29.5 Å². The molecule has 0 aliphatic heterocycles. The van der Waals surface area contributed by atoms with E-state index in [1.807, 2.05) is 30.5 Å². The summed E-state index contributed by atoms with van der Waals surface area (Å²) in [5.74, 6) is -0.492. The van der Waals surface area contributed by atoms with Gasteiger partial charge in [-0.15, -0.1) is 16.4 Å². The number of hydrogen-bond donors (Lipinski definition) is 2. The number of nitriles is 1. The van der Waals surface area contributed by atoms with Crippen LogP contribution in [0.2, 0.25) is 0 Å². The van der Waals surface area contributed by atoms with Gasteiger partial charge in [-0.05, 0) is 43.0 Å². The Morgan fingerprint density at radius 2 is 2.06 bits per heavy atom. The summed E-state index contributed by atoms with van der Waals surface area (Å²) in [7, 11) is 0. The number of rotatable bonds is 5. The van der Waals surface area contributed by atoms with Crippen LogP contribution in [-0.2, 0) is 19.4 Å². The second kappa shape index (κ2) is 8.58. The largest absolute Gasteiger partial charge is 0.366 e. The second-order valence-corrected chi connectivity index (χ2v) is 9.17. The number of benzene rings is 2. The van der Waals surface area contributed by atoms with Gasteiger partial charge >= 0.3 is 0 Å². The molecule has 2 aromatic carbocycles. The van der Waals surface area contributed by atoms with Crippen molar-refractivity contribution >= 4 is 17.2 Å². The topological polar surface area (TPSA) is 136 Å². The number of aromatic nitrogens is 4. The molecule has 2 aromatic heterocycles. The average Bonchev–Trinajstić information content (AvgIpc) is 3.45. The van der Waals surface area contributed by atoms with E-state index in [1.165, 1.54) is 4.88 Å². The standard InChI is InChI=1S/C24H21N7OS/c25-11-14-4-6-15(7-5-14)20-13-31(30-29-20)12-16-2-1-3-18(23(27)32)22(16)24-28-19-9-8-17(26)10-21(19)33-24/h1-7,13,17H,8-10,12,26H2,(H2,27,32)/t17-/m1/s1. The molecule has 4 aromatic rings. The number of hydrogen-bond acceptors (Lipinski definition) is 7. The zero-order valence-corrected chi connectivity index (χ0v) is 18.5. The van der Waals surface area contributed by atoms with Crippen LogP contribution < -0.4 is 11.5 Å². The van der Waals surface area contributed by atoms with E-state index in [9.17, 15) is 4.79 Å². The Labute approximate surface area is 194 Å². The molecule has 164 valence electrons. The third-order valence-electron chi connectivity index (χ3n) is 5.79. The van der Waals surface area contributed by atoms with Crippen LogP contribution in [0.25, 0.3) is 21.8 Å². The van der Waals surface area contributed by atoms with E-state index in [-0.39, 0.29) is 6.04 Å². The highest BCUT2D eigenvalue weighted by Crippen LogP contribution is 2.36. The maximum Gasteiger partial charge on any atom is 0.249 e. The van der Waals surface area contributed by atoms with E-state index in [4.69, 9.17) is 21.7 Å². The Morgan fingerprint density at radius 1 is 1.24 bits per heavy atom. The van der Waals surface area contributed by atoms with Gasteiger partial charge in [0.2, 0.25) is 5.91 Å². The van der Waals surface area contributed by atoms with Gasteiger partial charge in [0.05, 0.1) is 30.1 Å². The first-order valence-electron chi connectivity index (χ1n) is 10.6. The lowest BCUT2D eigenvalue weighted by Gasteiger charge is -2.15. The fourth-order valence-electron chi connectivity index (χ4n) is 4.10. The lowest BCUT2D eigenvalue weighted by Crippen LogP contribution is -2.26. The summed E-state index contributed by atoms with van der Waals surface area (Å²) in [5, 5.41) is 18.3. The van der Waals surface area contributed by atoms with E-state index in [0.717, 1.165) is 46.7 Å². The number of nitrogens with zero attached hydrogens (tertiary/aromatic N) is 5. The number of amides is 1. The summed E-state index contributed by atoms with van der Waals surface area (Å²) in [6, 6.07) is 14.9. The summed E-state index contributed by atoms with van der Waals surface area (Å²) >= 11 is 1.58. The number of carbonyl (C=O) groups is 1. The molecule has 0 fully saturated rings. The Bertz CT molecular complexity index is 1380. The first-order valence-corrected chi connectivity index (χ1v) is 11.4. The fourth-order valence-corrected chi connectivity index (χ4v) is 5.39. The number of nitrogens with two attached hydrogens (primary N) is 2. The zero-order chi connectivity index (χ0) is 22.9. The highest BCUT2D eigenvalue weighted by Gasteiger charge is 2.24. The second-order valence-electron chi connectivity index (χ2n) is 8.09. The maximum absolute atomic E-state index is 12.3. The highest BCUT2D eigenvalue weighted by atomic mass is 32.1. The Hall–Kier alpha value is -3.87. The quantitative estimate of drug-likeness (QED) is 0.475. The highest BCUT2D eigenvalue weighted by molar-refractivity contribution is 7.15. The molecule has 1 aliphatic rings. The van der Waals surface area contributed by atoms with Gasteiger partial charge in [-0.3, -0.25) is 4.79 Å². The smallest absolute Gasteiger partial charge is 0.249 e. The van der Waals surface area contributed by atoms with Gasteiger partial charge in [0.1, 0.15) is 10.7 Å². The van der Waals surface area contributed by atoms with Gasteiger partial charge < -0.3 is 11.5 Å². The van der Waals surface area contributed by atoms with Crippen LogP contribution >= 0.6 is 11.3 Å². The summed E-state index contributed by atoms with van der Waals surface area (Å²) < 4.78 is 1.72. The summed E-state index contributed by atoms with van der Waals surface area (Å²) in [6.07, 6.45) is 4.40. The average molecular weight is 456 g/mol. The van der Waals surface area contributed by atoms with Crippen molar-refractivity contribution in [2.75, 3.05) is 0 Å². The third kappa shape index (κ3) is 4.14. The minimum atomic E-state index is -0.492. The molecule has 8 nitrogen and oxygen atoms in total. The predicted octanol–water partition coefficient (Wildman–Crippen LogP) is 2.90. The molecule has 1 aliphatic carbocycles. The van der Waals surface area contributed by atoms with E-state index in [2.05, 4.69) is 16.4 Å². The Kier molecular flexibility index (Phi) is 5.46. The summed E-state index contributed by atoms with van der Waals surface area (Å²) in [6.45, 7) is 0.406. The van der Waals surface area contributed by atoms with Gasteiger partial charge in [-0.2, -0.15) is 5.26 Å². The van der Waals surface area contributed by atoms with Crippen LogP contribution in [-0.4, -0.2) is 31.9 Å². The number of fused-ring (bicyclic) bond motifs is 1. The maximum atomic E-state index is 12.3. The molecular weight excluding hydrogens is 434 g/mol. The van der Waals surface area contributed by atoms with Crippen molar-refractivity contribution in [3.63, 3.8) is 0 Å². The molecule has 0 spiro atoms. The van der Waals surface area contributed by atoms with Gasteiger partial charge in [0.15, 0.2) is 0 Å². The molecule has 1 atom stereocenters. The minimum Gasteiger partial charge on any atom is -0.366 e. The molecule has 1 amide bonds. The van der Waals surface area contributed by atoms with Crippen molar-refractivity contribution in [2.45, 2.75) is 31.8 Å². The van der Waals surface area contributed by atoms with Crippen LogP contribution in [0.15, 0.2) is 48.7 Å². The lowest BCUT2D eigenvalue weighted by molar-refractivity contribution is 0.100. The van der Waals surface area contributed by atoms with E-state index in [1.54, 1.807) is 34.2 Å². The van der Waals surface area contributed by atoms with Crippen molar-refractivity contribution in [3.05, 3.63) is 75.9 Å². The van der Waals surface area contributed by atoms with Crippen LogP contribution in [0.5, 0.6) is 0 Å². The molecule has 9 heteroatoms. The van der Waals surface area contributed by atoms with Crippen molar-refractivity contribution in [2.24, 2.45) is 11.5 Å². The van der Waals surface area contributed by atoms with Crippen LogP contribution in [0.3, 0.4) is 0 Å². The predicted molar refractivity (Wildman–Crippen MR) is 125 cm³/mol. The lowest BCUT2D eigenvalue weighted by atomic mass is 9.98. The molecule has 0 unspecified atom stereocenters. The first kappa shape index (κ1) is 21.0. The van der Waals surface area contributed by atoms with Crippen molar-refractivity contribution in [3.8, 4) is 27.9 Å². The van der Waals surface area contributed by atoms with E-state index in [0.29, 0.717) is 23.4 Å². The third-order valence-corrected chi connectivity index (χ3v) is 6.93. The van der Waals surface area contributed by atoms with E-state index >= 15 is 0 Å². The molecule has 4 N–H and O–H groups in total. The van der Waals surface area contributed by atoms with Crippen molar-refractivity contribution in [1.82, 2.24) is 20.0 Å². The van der Waals surface area contributed by atoms with Gasteiger partial charge in [-0.25, -0.2) is 9.67 Å². The molecule has 0 saturated heterocycles. The molecular formula is C24H21N7OS. The number of thiazole rings is 1. The zero-order valence-electron chi connectivity index (χ0n) is 17.7. The fraction of sp³-hybridized carbons (Fsp3) is 0.208. The van der Waals surface area contributed by atoms with Crippen LogP contribution in [0.4, 0.5) is 0 Å². The number of carbonyl (C=O) groups excluding carboxylic acids is 1. The SMILES string of the molecule is N#Cc1ccc(-c2cn(Cc3cccc(C(N)=O)c3-c3nc4c(s3)C[C@H](N)CC4)nn2)cc1. The van der Waals surface area contributed by atoms with Crippen molar-refractivity contribution in [1.29, 1.82) is 5.26 Å². The van der Waals surface area contributed by atoms with Gasteiger partial charge in [0, 0.05) is 27.6 Å². The van der Waals surface area contributed by atoms with Crippen LogP contribution in [0, 0.1) is 11.3 Å². The van der Waals surface area contributed by atoms with Gasteiger partial charge in [0.25, 0.3) is 0 Å². The molecule has 0 bridgehead atoms. The monoisotopic (exact) mass is 455 g/mol. The van der Waals surface area contributed by atoms with E-state index < -0.39 is 5.91 Å². The van der Waals surface area contributed by atoms with Crippen LogP contribution in [0.1, 0.15) is 38.5 Å². The molecule has 0 saturated carbocycles. The number of aryl methyl sites for hydroxylation is 1. The summed E-state index contributed by atoms with van der Waals surface area (Å²) in [4.78, 5) is 18.3. The Morgan fingerprint density at radius 3 is 2.82 bits per heavy atom. The normalized spacial score (nSPS) is 15.1. The first-order chi connectivity index (χ1) is 16.0. The minimum absolute atomic E-state index is 0.146. The molecule has 33 heavy (non-hydrogen) atoms. The van der Waals surface area contributed by atoms with Crippen molar-refractivity contribution < 1.29 is 4.79 Å².